The Balaban J connectivity index is 0.000000383. The van der Waals surface area contributed by atoms with Crippen LogP contribution < -0.4 is 4.90 Å². The van der Waals surface area contributed by atoms with Crippen LogP contribution in [-0.4, -0.2) is 61.0 Å². The van der Waals surface area contributed by atoms with E-state index in [0.717, 1.165) is 12.1 Å². The van der Waals surface area contributed by atoms with E-state index < -0.39 is 10.0 Å². The van der Waals surface area contributed by atoms with Crippen molar-refractivity contribution in [3.8, 4) is 6.07 Å². The summed E-state index contributed by atoms with van der Waals surface area (Å²) in [5.41, 5.74) is 1.89. The molecule has 2 fully saturated rings. The number of halogens is 1. The fourth-order valence-corrected chi connectivity index (χ4v) is 6.81. The highest BCUT2D eigenvalue weighted by Gasteiger charge is 2.38. The molecule has 0 radical (unpaired) electrons. The summed E-state index contributed by atoms with van der Waals surface area (Å²) in [4.78, 5) is 15.3. The first-order chi connectivity index (χ1) is 17.2. The molecule has 0 aromatic heterocycles. The molecule has 36 heavy (non-hydrogen) atoms. The van der Waals surface area contributed by atoms with Crippen molar-refractivity contribution < 1.29 is 17.6 Å². The van der Waals surface area contributed by atoms with Gasteiger partial charge in [0.15, 0.2) is 0 Å². The average molecular weight is 515 g/mol. The summed E-state index contributed by atoms with van der Waals surface area (Å²) >= 11 is 0. The van der Waals surface area contributed by atoms with Gasteiger partial charge in [-0.2, -0.15) is 9.57 Å². The highest BCUT2D eigenvalue weighted by Crippen LogP contribution is 2.31. The summed E-state index contributed by atoms with van der Waals surface area (Å²) < 4.78 is 41.9. The minimum Gasteiger partial charge on any atom is -0.368 e. The number of amides is 1. The number of sulfonamides is 1. The molecule has 2 saturated heterocycles. The summed E-state index contributed by atoms with van der Waals surface area (Å²) in [6.45, 7) is 7.98. The molecule has 2 aliphatic heterocycles. The van der Waals surface area contributed by atoms with Crippen molar-refractivity contribution in [2.75, 3.05) is 31.1 Å². The van der Waals surface area contributed by atoms with Crippen molar-refractivity contribution in [1.29, 1.82) is 5.26 Å². The van der Waals surface area contributed by atoms with Crippen LogP contribution in [0.25, 0.3) is 0 Å². The Kier molecular flexibility index (Phi) is 9.46. The van der Waals surface area contributed by atoms with Crippen LogP contribution >= 0.6 is 0 Å². The van der Waals surface area contributed by atoms with Crippen LogP contribution in [0.5, 0.6) is 0 Å². The molecular weight excluding hydrogens is 479 g/mol. The Morgan fingerprint density at radius 1 is 1.08 bits per heavy atom. The molecule has 2 heterocycles. The molecule has 2 aromatic rings. The highest BCUT2D eigenvalue weighted by atomic mass is 32.2. The zero-order valence-electron chi connectivity index (χ0n) is 21.2. The molecule has 9 heteroatoms. The van der Waals surface area contributed by atoms with Gasteiger partial charge < -0.3 is 9.80 Å². The molecule has 0 aliphatic carbocycles. The van der Waals surface area contributed by atoms with E-state index in [9.17, 15) is 17.6 Å². The molecule has 1 amide bonds. The number of anilines is 1. The van der Waals surface area contributed by atoms with Crippen LogP contribution in [0.3, 0.4) is 0 Å². The van der Waals surface area contributed by atoms with Crippen LogP contribution in [-0.2, 0) is 21.4 Å². The Morgan fingerprint density at radius 3 is 2.28 bits per heavy atom. The number of carbonyl (C=O) groups excluding carboxylic acids is 1. The van der Waals surface area contributed by atoms with Gasteiger partial charge in [0.2, 0.25) is 15.9 Å². The normalized spacial score (nSPS) is 21.8. The number of carbonyl (C=O) groups is 1. The van der Waals surface area contributed by atoms with Crippen LogP contribution in [0.4, 0.5) is 10.1 Å². The topological polar surface area (TPSA) is 84.7 Å². The maximum Gasteiger partial charge on any atom is 0.219 e. The summed E-state index contributed by atoms with van der Waals surface area (Å²) in [5.74, 6) is -0.323. The van der Waals surface area contributed by atoms with Gasteiger partial charge in [0.05, 0.1) is 16.9 Å². The molecule has 1 unspecified atom stereocenters. The number of hydrogen-bond acceptors (Lipinski definition) is 5. The largest absolute Gasteiger partial charge is 0.368 e. The SMILES string of the molecule is CCC1CC[C@H](C)N(Cc2ccc(N3CCN(C(C)=O)CC3)cc2F)S1(=O)=O.N#Cc1ccccc1. The van der Waals surface area contributed by atoms with E-state index in [2.05, 4.69) is 4.90 Å². The van der Waals surface area contributed by atoms with Gasteiger partial charge in [0.25, 0.3) is 0 Å². The third-order valence-corrected chi connectivity index (χ3v) is 9.51. The van der Waals surface area contributed by atoms with Gasteiger partial charge in [0, 0.05) is 56.9 Å². The molecule has 0 saturated carbocycles. The summed E-state index contributed by atoms with van der Waals surface area (Å²) in [5, 5.41) is 7.92. The van der Waals surface area contributed by atoms with Gasteiger partial charge in [-0.05, 0) is 50.5 Å². The van der Waals surface area contributed by atoms with E-state index >= 15 is 0 Å². The van der Waals surface area contributed by atoms with E-state index in [-0.39, 0.29) is 29.6 Å². The highest BCUT2D eigenvalue weighted by molar-refractivity contribution is 7.89. The predicted molar refractivity (Wildman–Crippen MR) is 139 cm³/mol. The second-order valence-corrected chi connectivity index (χ2v) is 11.5. The maximum absolute atomic E-state index is 14.8. The smallest absolute Gasteiger partial charge is 0.219 e. The molecule has 0 spiro atoms. The van der Waals surface area contributed by atoms with Crippen LogP contribution in [0.15, 0.2) is 48.5 Å². The molecule has 0 bridgehead atoms. The minimum atomic E-state index is -3.40. The Bertz CT molecular complexity index is 1180. The molecule has 2 atom stereocenters. The van der Waals surface area contributed by atoms with Crippen molar-refractivity contribution in [3.63, 3.8) is 0 Å². The standard InChI is InChI=1S/C20H30FN3O3S.C7H5N/c1-4-19-8-5-15(2)24(28(19,26)27)14-17-6-7-18(13-20(17)21)23-11-9-22(10-12-23)16(3)25;8-6-7-4-2-1-3-5-7/h6-7,13,15,19H,4-5,8-12,14H2,1-3H3;1-5H/t15-,19?;/m0./s1. The van der Waals surface area contributed by atoms with E-state index in [1.807, 2.05) is 44.2 Å². The summed E-state index contributed by atoms with van der Waals surface area (Å²) in [6.07, 6.45) is 2.06. The van der Waals surface area contributed by atoms with Gasteiger partial charge in [-0.3, -0.25) is 4.79 Å². The predicted octanol–water partition coefficient (Wildman–Crippen LogP) is 4.15. The monoisotopic (exact) mass is 514 g/mol. The molecule has 4 rings (SSSR count). The lowest BCUT2D eigenvalue weighted by Crippen LogP contribution is -2.48. The van der Waals surface area contributed by atoms with Crippen molar-refractivity contribution in [2.45, 2.75) is 57.9 Å². The Morgan fingerprint density at radius 2 is 1.75 bits per heavy atom. The number of nitriles is 1. The van der Waals surface area contributed by atoms with Crippen molar-refractivity contribution >= 4 is 21.6 Å². The lowest BCUT2D eigenvalue weighted by atomic mass is 10.1. The third kappa shape index (κ3) is 6.62. The molecule has 2 aliphatic rings. The van der Waals surface area contributed by atoms with Crippen molar-refractivity contribution in [3.05, 3.63) is 65.5 Å². The Labute approximate surface area is 214 Å². The fourth-order valence-electron chi connectivity index (χ4n) is 4.64. The first-order valence-corrected chi connectivity index (χ1v) is 13.9. The minimum absolute atomic E-state index is 0.0587. The van der Waals surface area contributed by atoms with E-state index in [1.54, 1.807) is 30.0 Å². The molecular formula is C27H35FN4O3S. The van der Waals surface area contributed by atoms with Crippen LogP contribution in [0.1, 0.15) is 51.2 Å². The zero-order valence-corrected chi connectivity index (χ0v) is 22.0. The first kappa shape index (κ1) is 27.6. The second kappa shape index (κ2) is 12.3. The zero-order chi connectivity index (χ0) is 26.3. The number of nitrogens with zero attached hydrogens (tertiary/aromatic N) is 4. The molecule has 194 valence electrons. The lowest BCUT2D eigenvalue weighted by molar-refractivity contribution is -0.129. The van der Waals surface area contributed by atoms with E-state index in [1.165, 1.54) is 10.4 Å². The van der Waals surface area contributed by atoms with Crippen LogP contribution in [0.2, 0.25) is 0 Å². The lowest BCUT2D eigenvalue weighted by Gasteiger charge is -2.37. The number of piperazine rings is 1. The molecule has 0 N–H and O–H groups in total. The van der Waals surface area contributed by atoms with E-state index in [4.69, 9.17) is 5.26 Å². The number of benzene rings is 2. The third-order valence-electron chi connectivity index (χ3n) is 6.96. The first-order valence-electron chi connectivity index (χ1n) is 12.4. The average Bonchev–Trinajstić information content (AvgIpc) is 2.88. The van der Waals surface area contributed by atoms with Gasteiger partial charge in [0.1, 0.15) is 5.82 Å². The van der Waals surface area contributed by atoms with Gasteiger partial charge in [-0.25, -0.2) is 12.8 Å². The fraction of sp³-hybridized carbons (Fsp3) is 0.481. The van der Waals surface area contributed by atoms with Crippen LogP contribution in [0, 0.1) is 17.1 Å². The number of rotatable bonds is 4. The van der Waals surface area contributed by atoms with E-state index in [0.29, 0.717) is 50.1 Å². The van der Waals surface area contributed by atoms with Gasteiger partial charge in [-0.1, -0.05) is 31.2 Å². The van der Waals surface area contributed by atoms with Crippen molar-refractivity contribution in [2.24, 2.45) is 0 Å². The van der Waals surface area contributed by atoms with Crippen molar-refractivity contribution in [1.82, 2.24) is 9.21 Å². The molecule has 7 nitrogen and oxygen atoms in total. The quantitative estimate of drug-likeness (QED) is 0.612. The molecule has 2 aromatic carbocycles. The summed E-state index contributed by atoms with van der Waals surface area (Å²) in [6, 6.07) is 16.1. The van der Waals surface area contributed by atoms with Gasteiger partial charge in [-0.15, -0.1) is 0 Å². The van der Waals surface area contributed by atoms with Gasteiger partial charge >= 0.3 is 0 Å². The number of hydrogen-bond donors (Lipinski definition) is 0. The summed E-state index contributed by atoms with van der Waals surface area (Å²) in [7, 11) is -3.40. The maximum atomic E-state index is 14.8. The second-order valence-electron chi connectivity index (χ2n) is 9.29. The Hall–Kier alpha value is -2.96.